The van der Waals surface area contributed by atoms with Gasteiger partial charge in [0, 0.05) is 21.8 Å². The molecule has 1 aromatic rings. The number of benzene rings is 1. The van der Waals surface area contributed by atoms with Crippen molar-refractivity contribution in [3.05, 3.63) is 51.3 Å². The zero-order valence-corrected chi connectivity index (χ0v) is 11.5. The lowest BCUT2D eigenvalue weighted by Gasteiger charge is -2.22. The number of fused-ring (bicyclic) bond motifs is 2. The second-order valence-corrected chi connectivity index (χ2v) is 7.90. The Morgan fingerprint density at radius 1 is 1.33 bits per heavy atom. The first kappa shape index (κ1) is 11.0. The summed E-state index contributed by atoms with van der Waals surface area (Å²) >= 11 is 7.70. The van der Waals surface area contributed by atoms with Crippen LogP contribution in [0.3, 0.4) is 0 Å². The summed E-state index contributed by atoms with van der Waals surface area (Å²) in [6.45, 7) is 0. The summed E-state index contributed by atoms with van der Waals surface area (Å²) in [4.78, 5) is 14.9. The third-order valence-corrected chi connectivity index (χ3v) is 7.06. The molecule has 0 bridgehead atoms. The molecule has 5 heteroatoms. The van der Waals surface area contributed by atoms with E-state index < -0.39 is 15.0 Å². The molecular formula is C13H7ClO2S2. The van der Waals surface area contributed by atoms with Crippen molar-refractivity contribution in [1.82, 2.24) is 0 Å². The average molecular weight is 295 g/mol. The normalized spacial score (nSPS) is 32.4. The summed E-state index contributed by atoms with van der Waals surface area (Å²) in [6, 6.07) is 8.00. The van der Waals surface area contributed by atoms with Crippen LogP contribution >= 0.6 is 23.4 Å². The summed E-state index contributed by atoms with van der Waals surface area (Å²) in [6.07, 6.45) is 2.42. The van der Waals surface area contributed by atoms with E-state index in [2.05, 4.69) is 0 Å². The van der Waals surface area contributed by atoms with Crippen molar-refractivity contribution in [2.45, 2.75) is 15.5 Å². The van der Waals surface area contributed by atoms with Crippen LogP contribution in [0.5, 0.6) is 0 Å². The van der Waals surface area contributed by atoms with Gasteiger partial charge in [-0.15, -0.1) is 0 Å². The van der Waals surface area contributed by atoms with Gasteiger partial charge in [0.15, 0.2) is 5.78 Å². The minimum absolute atomic E-state index is 0.169. The quantitative estimate of drug-likeness (QED) is 0.545. The number of halogens is 1. The van der Waals surface area contributed by atoms with Crippen LogP contribution in [0, 0.1) is 0 Å². The van der Waals surface area contributed by atoms with Crippen LogP contribution in [0.15, 0.2) is 50.6 Å². The van der Waals surface area contributed by atoms with Gasteiger partial charge in [0.1, 0.15) is 0 Å². The number of ketones is 1. The molecule has 2 heterocycles. The van der Waals surface area contributed by atoms with Crippen LogP contribution < -0.4 is 0 Å². The molecule has 4 rings (SSSR count). The maximum absolute atomic E-state index is 12.3. The maximum atomic E-state index is 12.3. The molecular weight excluding hydrogens is 288 g/mol. The number of carbonyl (C=O) groups excluding carboxylic acids is 1. The van der Waals surface area contributed by atoms with Gasteiger partial charge < -0.3 is 0 Å². The summed E-state index contributed by atoms with van der Waals surface area (Å²) < 4.78 is 10.5. The Hall–Kier alpha value is -0.840. The van der Waals surface area contributed by atoms with Crippen LogP contribution in [-0.4, -0.2) is 14.2 Å². The molecule has 2 aliphatic heterocycles. The minimum atomic E-state index is -1.33. The molecule has 0 N–H and O–H groups in total. The highest BCUT2D eigenvalue weighted by molar-refractivity contribution is 8.04. The second-order valence-electron chi connectivity index (χ2n) is 4.43. The number of carbonyl (C=O) groups is 1. The predicted octanol–water partition coefficient (Wildman–Crippen LogP) is 2.75. The van der Waals surface area contributed by atoms with Gasteiger partial charge in [0.05, 0.1) is 15.7 Å². The summed E-state index contributed by atoms with van der Waals surface area (Å²) in [7, 11) is -1.33. The van der Waals surface area contributed by atoms with Crippen molar-refractivity contribution in [3.63, 3.8) is 0 Å². The monoisotopic (exact) mass is 294 g/mol. The van der Waals surface area contributed by atoms with E-state index in [4.69, 9.17) is 11.6 Å². The lowest BCUT2D eigenvalue weighted by atomic mass is 9.95. The number of hydrogen-bond acceptors (Lipinski definition) is 3. The topological polar surface area (TPSA) is 34.1 Å². The van der Waals surface area contributed by atoms with Crippen molar-refractivity contribution < 1.29 is 9.00 Å². The van der Waals surface area contributed by atoms with Crippen LogP contribution in [-0.2, 0) is 22.0 Å². The SMILES string of the molecule is O=C1C2=C(C=C3S(=O)C13Cl)Sc1ccccc1C2. The van der Waals surface area contributed by atoms with Crippen LogP contribution in [0.1, 0.15) is 5.56 Å². The fourth-order valence-corrected chi connectivity index (χ4v) is 5.26. The molecule has 1 fully saturated rings. The molecule has 18 heavy (non-hydrogen) atoms. The fourth-order valence-electron chi connectivity index (χ4n) is 2.38. The van der Waals surface area contributed by atoms with E-state index >= 15 is 0 Å². The number of alkyl halides is 1. The third-order valence-electron chi connectivity index (χ3n) is 3.42. The molecule has 1 aliphatic carbocycles. The van der Waals surface area contributed by atoms with Crippen LogP contribution in [0.4, 0.5) is 0 Å². The Kier molecular flexibility index (Phi) is 2.07. The number of allylic oxidation sites excluding steroid dienone is 2. The van der Waals surface area contributed by atoms with Gasteiger partial charge in [-0.05, 0) is 17.7 Å². The highest BCUT2D eigenvalue weighted by Gasteiger charge is 2.66. The Bertz CT molecular complexity index is 705. The molecule has 90 valence electrons. The Morgan fingerprint density at radius 2 is 2.11 bits per heavy atom. The van der Waals surface area contributed by atoms with Gasteiger partial charge in [-0.2, -0.15) is 0 Å². The highest BCUT2D eigenvalue weighted by atomic mass is 35.5. The Balaban J connectivity index is 1.85. The molecule has 2 unspecified atom stereocenters. The average Bonchev–Trinajstić information content (AvgIpc) is 2.92. The standard InChI is InChI=1S/C13H7ClO2S2/c14-13-11(18(13)16)6-10-8(12(13)15)5-7-3-1-2-4-9(7)17-10/h1-4,6H,5H2. The number of Topliss-reactive ketones (excluding diaryl/α,β-unsaturated/α-hetero) is 1. The highest BCUT2D eigenvalue weighted by Crippen LogP contribution is 2.58. The summed E-state index contributed by atoms with van der Waals surface area (Å²) in [5.41, 5.74) is 1.85. The first-order chi connectivity index (χ1) is 8.62. The molecule has 3 aliphatic rings. The predicted molar refractivity (Wildman–Crippen MR) is 72.8 cm³/mol. The largest absolute Gasteiger partial charge is 0.291 e. The van der Waals surface area contributed by atoms with Crippen molar-refractivity contribution in [2.75, 3.05) is 0 Å². The Morgan fingerprint density at radius 3 is 2.94 bits per heavy atom. The molecule has 0 saturated carbocycles. The first-order valence-electron chi connectivity index (χ1n) is 5.49. The smallest absolute Gasteiger partial charge is 0.219 e. The zero-order chi connectivity index (χ0) is 12.5. The van der Waals surface area contributed by atoms with Crippen LogP contribution in [0.25, 0.3) is 0 Å². The van der Waals surface area contributed by atoms with Gasteiger partial charge in [0.2, 0.25) is 4.21 Å². The molecule has 1 aromatic carbocycles. The molecule has 2 nitrogen and oxygen atoms in total. The van der Waals surface area contributed by atoms with E-state index in [9.17, 15) is 9.00 Å². The van der Waals surface area contributed by atoms with Crippen molar-refractivity contribution in [3.8, 4) is 0 Å². The van der Waals surface area contributed by atoms with Crippen LogP contribution in [0.2, 0.25) is 0 Å². The van der Waals surface area contributed by atoms with Gasteiger partial charge in [-0.1, -0.05) is 41.6 Å². The van der Waals surface area contributed by atoms with E-state index in [-0.39, 0.29) is 5.78 Å². The van der Waals surface area contributed by atoms with E-state index in [0.29, 0.717) is 16.9 Å². The van der Waals surface area contributed by atoms with E-state index in [1.165, 1.54) is 0 Å². The van der Waals surface area contributed by atoms with Gasteiger partial charge >= 0.3 is 0 Å². The lowest BCUT2D eigenvalue weighted by Crippen LogP contribution is -2.25. The third kappa shape index (κ3) is 1.21. The van der Waals surface area contributed by atoms with E-state index in [0.717, 1.165) is 15.4 Å². The Labute approximate surface area is 116 Å². The van der Waals surface area contributed by atoms with Gasteiger partial charge in [-0.3, -0.25) is 9.00 Å². The number of rotatable bonds is 0. The maximum Gasteiger partial charge on any atom is 0.219 e. The van der Waals surface area contributed by atoms with E-state index in [1.54, 1.807) is 11.8 Å². The van der Waals surface area contributed by atoms with Crippen molar-refractivity contribution in [2.24, 2.45) is 0 Å². The molecule has 0 amide bonds. The molecule has 2 atom stereocenters. The lowest BCUT2D eigenvalue weighted by molar-refractivity contribution is -0.115. The van der Waals surface area contributed by atoms with Gasteiger partial charge in [-0.25, -0.2) is 0 Å². The van der Waals surface area contributed by atoms with Crippen molar-refractivity contribution in [1.29, 1.82) is 0 Å². The summed E-state index contributed by atoms with van der Waals surface area (Å²) in [5.74, 6) is -0.169. The number of thioether (sulfide) groups is 1. The van der Waals surface area contributed by atoms with Crippen molar-refractivity contribution >= 4 is 39.9 Å². The summed E-state index contributed by atoms with van der Waals surface area (Å²) in [5, 5.41) is 0. The second kappa shape index (κ2) is 3.38. The molecule has 1 saturated heterocycles. The number of hydrogen-bond donors (Lipinski definition) is 0. The molecule has 0 spiro atoms. The minimum Gasteiger partial charge on any atom is -0.291 e. The fraction of sp³-hybridized carbons (Fsp3) is 0.154. The first-order valence-corrected chi connectivity index (χ1v) is 7.83. The zero-order valence-electron chi connectivity index (χ0n) is 9.10. The molecule has 0 aromatic heterocycles. The van der Waals surface area contributed by atoms with E-state index in [1.807, 2.05) is 30.3 Å². The molecule has 0 radical (unpaired) electrons. The van der Waals surface area contributed by atoms with Gasteiger partial charge in [0.25, 0.3) is 0 Å².